The molecular weight excluding hydrogens is 293 g/mol. The second kappa shape index (κ2) is 5.83. The average Bonchev–Trinajstić information content (AvgIpc) is 2.43. The molecule has 6 heteroatoms. The maximum atomic E-state index is 13.5. The number of rotatable bonds is 4. The molecule has 0 atom stereocenters. The molecule has 0 saturated heterocycles. The van der Waals surface area contributed by atoms with Gasteiger partial charge in [-0.2, -0.15) is 0 Å². The van der Waals surface area contributed by atoms with E-state index in [1.807, 2.05) is 0 Å². The van der Waals surface area contributed by atoms with Crippen LogP contribution < -0.4 is 4.72 Å². The number of hydrogen-bond donors (Lipinski definition) is 2. The lowest BCUT2D eigenvalue weighted by Gasteiger charge is -2.12. The van der Waals surface area contributed by atoms with Gasteiger partial charge in [-0.05, 0) is 48.7 Å². The molecule has 2 rings (SSSR count). The smallest absolute Gasteiger partial charge is 0.262 e. The van der Waals surface area contributed by atoms with Gasteiger partial charge in [-0.15, -0.1) is 0 Å². The molecule has 2 aromatic rings. The lowest BCUT2D eigenvalue weighted by molar-refractivity contribution is 0.281. The molecule has 0 heterocycles. The molecule has 0 spiro atoms. The number of aliphatic hydroxyl groups excluding tert-OH is 1. The Balaban J connectivity index is 2.40. The van der Waals surface area contributed by atoms with E-state index >= 15 is 0 Å². The Morgan fingerprint density at radius 2 is 1.76 bits per heavy atom. The predicted molar refractivity (Wildman–Crippen MR) is 79.0 cm³/mol. The Morgan fingerprint density at radius 1 is 1.10 bits per heavy atom. The zero-order valence-corrected chi connectivity index (χ0v) is 12.5. The zero-order valence-electron chi connectivity index (χ0n) is 11.7. The van der Waals surface area contributed by atoms with Crippen molar-refractivity contribution in [3.63, 3.8) is 0 Å². The van der Waals surface area contributed by atoms with E-state index in [-0.39, 0.29) is 17.2 Å². The Hall–Kier alpha value is -1.92. The van der Waals surface area contributed by atoms with Gasteiger partial charge in [0.2, 0.25) is 0 Å². The van der Waals surface area contributed by atoms with Gasteiger partial charge in [-0.1, -0.05) is 18.2 Å². The van der Waals surface area contributed by atoms with Crippen LogP contribution in [0.2, 0.25) is 0 Å². The fourth-order valence-corrected chi connectivity index (χ4v) is 3.24. The highest BCUT2D eigenvalue weighted by atomic mass is 32.2. The third-order valence-corrected chi connectivity index (χ3v) is 4.67. The number of hydrogen-bond acceptors (Lipinski definition) is 3. The molecule has 4 nitrogen and oxygen atoms in total. The van der Waals surface area contributed by atoms with Crippen LogP contribution in [0.3, 0.4) is 0 Å². The summed E-state index contributed by atoms with van der Waals surface area (Å²) in [4.78, 5) is 0.0648. The molecule has 0 aliphatic rings. The van der Waals surface area contributed by atoms with Crippen molar-refractivity contribution >= 4 is 15.7 Å². The van der Waals surface area contributed by atoms with Crippen molar-refractivity contribution in [3.05, 3.63) is 58.9 Å². The van der Waals surface area contributed by atoms with Crippen LogP contribution in [0, 0.1) is 19.7 Å². The summed E-state index contributed by atoms with van der Waals surface area (Å²) in [6, 6.07) is 8.82. The van der Waals surface area contributed by atoms with E-state index in [0.717, 1.165) is 6.07 Å². The van der Waals surface area contributed by atoms with E-state index in [2.05, 4.69) is 4.72 Å². The summed E-state index contributed by atoms with van der Waals surface area (Å²) in [5.74, 6) is -0.476. The fraction of sp³-hybridized carbons (Fsp3) is 0.200. The molecule has 0 aliphatic heterocycles. The highest BCUT2D eigenvalue weighted by Gasteiger charge is 2.18. The van der Waals surface area contributed by atoms with Crippen LogP contribution in [0.25, 0.3) is 0 Å². The molecule has 0 bridgehead atoms. The Kier molecular flexibility index (Phi) is 4.29. The maximum absolute atomic E-state index is 13.5. The summed E-state index contributed by atoms with van der Waals surface area (Å²) in [5, 5.41) is 9.11. The minimum absolute atomic E-state index is 0.0648. The minimum atomic E-state index is -3.83. The quantitative estimate of drug-likeness (QED) is 0.912. The Labute approximate surface area is 123 Å². The van der Waals surface area contributed by atoms with Gasteiger partial charge in [-0.3, -0.25) is 4.72 Å². The molecule has 21 heavy (non-hydrogen) atoms. The van der Waals surface area contributed by atoms with Gasteiger partial charge >= 0.3 is 0 Å². The van der Waals surface area contributed by atoms with Crippen LogP contribution in [0.15, 0.2) is 41.3 Å². The zero-order chi connectivity index (χ0) is 15.6. The van der Waals surface area contributed by atoms with Crippen molar-refractivity contribution in [1.82, 2.24) is 0 Å². The largest absolute Gasteiger partial charge is 0.392 e. The van der Waals surface area contributed by atoms with E-state index in [1.165, 1.54) is 18.2 Å². The first kappa shape index (κ1) is 15.5. The number of sulfonamides is 1. The van der Waals surface area contributed by atoms with Crippen LogP contribution in [0.4, 0.5) is 10.1 Å². The molecule has 2 aromatic carbocycles. The number of aliphatic hydroxyl groups is 1. The predicted octanol–water partition coefficient (Wildman–Crippen LogP) is 2.74. The Morgan fingerprint density at radius 3 is 2.38 bits per heavy atom. The lowest BCUT2D eigenvalue weighted by Crippen LogP contribution is -2.15. The van der Waals surface area contributed by atoms with Crippen LogP contribution >= 0.6 is 0 Å². The lowest BCUT2D eigenvalue weighted by atomic mass is 10.2. The van der Waals surface area contributed by atoms with Crippen molar-refractivity contribution < 1.29 is 17.9 Å². The highest BCUT2D eigenvalue weighted by molar-refractivity contribution is 7.92. The van der Waals surface area contributed by atoms with Crippen LogP contribution in [-0.2, 0) is 16.6 Å². The van der Waals surface area contributed by atoms with Gasteiger partial charge in [0.15, 0.2) is 0 Å². The van der Waals surface area contributed by atoms with Gasteiger partial charge in [0.05, 0.1) is 17.2 Å². The molecule has 0 unspecified atom stereocenters. The van der Waals surface area contributed by atoms with Crippen LogP contribution in [0.5, 0.6) is 0 Å². The third kappa shape index (κ3) is 3.40. The molecule has 2 N–H and O–H groups in total. The first-order chi connectivity index (χ1) is 9.83. The van der Waals surface area contributed by atoms with E-state index in [4.69, 9.17) is 5.11 Å². The number of nitrogens with one attached hydrogen (secondary N) is 1. The number of anilines is 1. The summed E-state index contributed by atoms with van der Waals surface area (Å²) < 4.78 is 40.6. The number of halogens is 1. The topological polar surface area (TPSA) is 66.4 Å². The normalized spacial score (nSPS) is 11.4. The third-order valence-electron chi connectivity index (χ3n) is 3.15. The summed E-state index contributed by atoms with van der Waals surface area (Å²) in [5.41, 5.74) is 1.65. The second-order valence-corrected chi connectivity index (χ2v) is 6.48. The van der Waals surface area contributed by atoms with Gasteiger partial charge < -0.3 is 5.11 Å². The van der Waals surface area contributed by atoms with E-state index in [0.29, 0.717) is 16.7 Å². The molecule has 0 aromatic heterocycles. The fourth-order valence-electron chi connectivity index (χ4n) is 1.90. The number of benzene rings is 2. The van der Waals surface area contributed by atoms with Crippen LogP contribution in [0.1, 0.15) is 16.7 Å². The average molecular weight is 309 g/mol. The molecule has 0 saturated carbocycles. The first-order valence-electron chi connectivity index (χ1n) is 6.33. The molecule has 0 aliphatic carbocycles. The molecule has 112 valence electrons. The van der Waals surface area contributed by atoms with E-state index in [1.54, 1.807) is 26.0 Å². The SMILES string of the molecule is Cc1ccc(NS(=O)(=O)c2cc(CO)ccc2C)cc1F. The minimum Gasteiger partial charge on any atom is -0.392 e. The van der Waals surface area contributed by atoms with E-state index < -0.39 is 15.8 Å². The maximum Gasteiger partial charge on any atom is 0.262 e. The monoisotopic (exact) mass is 309 g/mol. The van der Waals surface area contributed by atoms with Crippen LogP contribution in [-0.4, -0.2) is 13.5 Å². The molecule has 0 amide bonds. The summed E-state index contributed by atoms with van der Waals surface area (Å²) in [6.07, 6.45) is 0. The second-order valence-electron chi connectivity index (χ2n) is 4.83. The molecule has 0 fully saturated rings. The summed E-state index contributed by atoms with van der Waals surface area (Å²) in [6.45, 7) is 3.01. The standard InChI is InChI=1S/C15H16FNO3S/c1-10-4-6-13(8-14(10)16)17-21(19,20)15-7-12(9-18)5-3-11(15)2/h3-8,17-18H,9H2,1-2H3. The van der Waals surface area contributed by atoms with Gasteiger partial charge in [0.1, 0.15) is 5.82 Å². The van der Waals surface area contributed by atoms with Gasteiger partial charge in [0, 0.05) is 0 Å². The first-order valence-corrected chi connectivity index (χ1v) is 7.81. The van der Waals surface area contributed by atoms with Crippen molar-refractivity contribution in [2.75, 3.05) is 4.72 Å². The summed E-state index contributed by atoms with van der Waals surface area (Å²) >= 11 is 0. The van der Waals surface area contributed by atoms with Gasteiger partial charge in [-0.25, -0.2) is 12.8 Å². The molecule has 0 radical (unpaired) electrons. The highest BCUT2D eigenvalue weighted by Crippen LogP contribution is 2.22. The van der Waals surface area contributed by atoms with Gasteiger partial charge in [0.25, 0.3) is 10.0 Å². The van der Waals surface area contributed by atoms with Crippen molar-refractivity contribution in [3.8, 4) is 0 Å². The summed E-state index contributed by atoms with van der Waals surface area (Å²) in [7, 11) is -3.83. The van der Waals surface area contributed by atoms with Crippen molar-refractivity contribution in [2.45, 2.75) is 25.3 Å². The number of aryl methyl sites for hydroxylation is 2. The van der Waals surface area contributed by atoms with Crippen molar-refractivity contribution in [2.24, 2.45) is 0 Å². The molecular formula is C15H16FNO3S. The van der Waals surface area contributed by atoms with Crippen molar-refractivity contribution in [1.29, 1.82) is 0 Å². The van der Waals surface area contributed by atoms with E-state index in [9.17, 15) is 12.8 Å². The Bertz CT molecular complexity index is 772.